The van der Waals surface area contributed by atoms with Crippen molar-refractivity contribution in [2.24, 2.45) is 0 Å². The monoisotopic (exact) mass is 415 g/mol. The third-order valence-electron chi connectivity index (χ3n) is 4.76. The van der Waals surface area contributed by atoms with E-state index in [1.165, 1.54) is 0 Å². The van der Waals surface area contributed by atoms with Crippen LogP contribution in [0.5, 0.6) is 5.75 Å². The molecule has 0 atom stereocenters. The summed E-state index contributed by atoms with van der Waals surface area (Å²) in [5.41, 5.74) is 2.79. The highest BCUT2D eigenvalue weighted by atomic mass is 16.5. The van der Waals surface area contributed by atoms with E-state index in [0.29, 0.717) is 41.6 Å². The molecule has 2 aromatic carbocycles. The van der Waals surface area contributed by atoms with Gasteiger partial charge in [0.05, 0.1) is 23.4 Å². The Morgan fingerprint density at radius 3 is 2.94 bits per heavy atom. The normalized spacial score (nSPS) is 11.0. The molecule has 8 heteroatoms. The molecule has 0 aliphatic rings. The lowest BCUT2D eigenvalue weighted by Gasteiger charge is -2.11. The second kappa shape index (κ2) is 8.79. The highest BCUT2D eigenvalue weighted by Crippen LogP contribution is 2.30. The Hall–Kier alpha value is -3.99. The number of carbonyl (C=O) groups is 1. The number of rotatable bonds is 8. The minimum atomic E-state index is -0.0344. The Morgan fingerprint density at radius 1 is 1.29 bits per heavy atom. The summed E-state index contributed by atoms with van der Waals surface area (Å²) in [5, 5.41) is 18.9. The summed E-state index contributed by atoms with van der Waals surface area (Å²) in [6.45, 7) is 4.47. The lowest BCUT2D eigenvalue weighted by molar-refractivity contribution is -0.107. The van der Waals surface area contributed by atoms with Crippen LogP contribution in [0.25, 0.3) is 33.7 Å². The van der Waals surface area contributed by atoms with Crippen LogP contribution >= 0.6 is 0 Å². The van der Waals surface area contributed by atoms with Crippen LogP contribution in [0.15, 0.2) is 47.1 Å². The van der Waals surface area contributed by atoms with Crippen molar-refractivity contribution in [3.8, 4) is 34.7 Å². The lowest BCUT2D eigenvalue weighted by Crippen LogP contribution is -2.06. The third-order valence-corrected chi connectivity index (χ3v) is 4.76. The zero-order valence-corrected chi connectivity index (χ0v) is 17.3. The fourth-order valence-corrected chi connectivity index (χ4v) is 3.36. The smallest absolute Gasteiger partial charge is 0.258 e. The molecule has 0 bridgehead atoms. The molecule has 31 heavy (non-hydrogen) atoms. The number of nitrogens with zero attached hydrogens (tertiary/aromatic N) is 5. The maximum atomic E-state index is 10.6. The molecule has 0 aliphatic carbocycles. The number of fused-ring (bicyclic) bond motifs is 1. The molecule has 0 unspecified atom stereocenters. The first-order valence-electron chi connectivity index (χ1n) is 10.0. The first kappa shape index (κ1) is 20.3. The topological polar surface area (TPSA) is 107 Å². The van der Waals surface area contributed by atoms with Crippen molar-refractivity contribution in [1.29, 1.82) is 5.26 Å². The summed E-state index contributed by atoms with van der Waals surface area (Å²) in [6.07, 6.45) is 3.88. The minimum absolute atomic E-state index is 0.0344. The summed E-state index contributed by atoms with van der Waals surface area (Å²) < 4.78 is 13.0. The van der Waals surface area contributed by atoms with Crippen molar-refractivity contribution >= 4 is 17.2 Å². The first-order valence-corrected chi connectivity index (χ1v) is 10.0. The van der Waals surface area contributed by atoms with Gasteiger partial charge >= 0.3 is 0 Å². The largest absolute Gasteiger partial charge is 0.490 e. The van der Waals surface area contributed by atoms with E-state index in [-0.39, 0.29) is 6.10 Å². The van der Waals surface area contributed by atoms with Crippen LogP contribution in [-0.4, -0.2) is 32.3 Å². The Morgan fingerprint density at radius 2 is 2.16 bits per heavy atom. The van der Waals surface area contributed by atoms with Crippen LogP contribution in [0, 0.1) is 11.3 Å². The van der Waals surface area contributed by atoms with Crippen LogP contribution in [0.3, 0.4) is 0 Å². The summed E-state index contributed by atoms with van der Waals surface area (Å²) in [7, 11) is 0. The van der Waals surface area contributed by atoms with E-state index in [1.54, 1.807) is 24.4 Å². The second-order valence-corrected chi connectivity index (χ2v) is 7.33. The van der Waals surface area contributed by atoms with Crippen molar-refractivity contribution < 1.29 is 14.1 Å². The van der Waals surface area contributed by atoms with Gasteiger partial charge in [-0.1, -0.05) is 17.3 Å². The van der Waals surface area contributed by atoms with Gasteiger partial charge < -0.3 is 14.1 Å². The second-order valence-electron chi connectivity index (χ2n) is 7.33. The summed E-state index contributed by atoms with van der Waals surface area (Å²) >= 11 is 0. The molecule has 0 N–H and O–H groups in total. The number of aryl methyl sites for hydroxylation is 1. The number of hydrogen-bond donors (Lipinski definition) is 0. The van der Waals surface area contributed by atoms with Crippen molar-refractivity contribution in [2.75, 3.05) is 0 Å². The fraction of sp³-hybridized carbons (Fsp3) is 0.261. The minimum Gasteiger partial charge on any atom is -0.490 e. The van der Waals surface area contributed by atoms with Gasteiger partial charge in [-0.3, -0.25) is 4.68 Å². The maximum absolute atomic E-state index is 10.6. The lowest BCUT2D eigenvalue weighted by atomic mass is 10.1. The molecular formula is C23H21N5O3. The Kier molecular flexibility index (Phi) is 5.76. The van der Waals surface area contributed by atoms with Crippen LogP contribution in [-0.2, 0) is 11.3 Å². The zero-order valence-electron chi connectivity index (χ0n) is 17.3. The van der Waals surface area contributed by atoms with Gasteiger partial charge in [0.2, 0.25) is 5.82 Å². The SMILES string of the molecule is CC(C)Oc1ccc(-c2nc(-c3cccc4c3cnn4CCCC=O)no2)cc1C#N. The molecule has 0 saturated carbocycles. The fourth-order valence-electron chi connectivity index (χ4n) is 3.36. The maximum Gasteiger partial charge on any atom is 0.258 e. The van der Waals surface area contributed by atoms with Crippen molar-refractivity contribution in [3.05, 3.63) is 48.2 Å². The van der Waals surface area contributed by atoms with E-state index in [4.69, 9.17) is 9.26 Å². The quantitative estimate of drug-likeness (QED) is 0.310. The van der Waals surface area contributed by atoms with E-state index in [1.807, 2.05) is 36.7 Å². The molecule has 2 aromatic heterocycles. The van der Waals surface area contributed by atoms with Gasteiger partial charge in [0.1, 0.15) is 18.1 Å². The molecule has 0 spiro atoms. The van der Waals surface area contributed by atoms with E-state index in [2.05, 4.69) is 21.3 Å². The molecule has 2 heterocycles. The number of carbonyl (C=O) groups excluding carboxylic acids is 1. The Bertz CT molecular complexity index is 1270. The number of aldehydes is 1. The molecule has 0 saturated heterocycles. The van der Waals surface area contributed by atoms with E-state index >= 15 is 0 Å². The molecule has 4 aromatic rings. The first-order chi connectivity index (χ1) is 15.1. The van der Waals surface area contributed by atoms with Crippen molar-refractivity contribution in [3.63, 3.8) is 0 Å². The summed E-state index contributed by atoms with van der Waals surface area (Å²) in [6, 6.07) is 13.2. The van der Waals surface area contributed by atoms with E-state index < -0.39 is 0 Å². The molecule has 0 aliphatic heterocycles. The average molecular weight is 415 g/mol. The summed E-state index contributed by atoms with van der Waals surface area (Å²) in [5.74, 6) is 1.28. The summed E-state index contributed by atoms with van der Waals surface area (Å²) in [4.78, 5) is 15.1. The van der Waals surface area contributed by atoms with Crippen LogP contribution < -0.4 is 4.74 Å². The van der Waals surface area contributed by atoms with Crippen molar-refractivity contribution in [1.82, 2.24) is 19.9 Å². The van der Waals surface area contributed by atoms with Gasteiger partial charge in [0.15, 0.2) is 0 Å². The molecular weight excluding hydrogens is 394 g/mol. The predicted octanol–water partition coefficient (Wildman–Crippen LogP) is 4.39. The number of nitriles is 1. The standard InChI is InChI=1S/C23H21N5O3/c1-15(2)30-21-9-8-16(12-17(21)13-24)23-26-22(27-31-23)18-6-5-7-20-19(18)14-25-28(20)10-3-4-11-29/h5-9,11-12,14-15H,3-4,10H2,1-2H3. The number of hydrogen-bond acceptors (Lipinski definition) is 7. The molecule has 0 fully saturated rings. The van der Waals surface area contributed by atoms with Crippen LogP contribution in [0.1, 0.15) is 32.3 Å². The van der Waals surface area contributed by atoms with Gasteiger partial charge in [0.25, 0.3) is 5.89 Å². The van der Waals surface area contributed by atoms with Gasteiger partial charge in [-0.2, -0.15) is 15.3 Å². The van der Waals surface area contributed by atoms with Crippen LogP contribution in [0.4, 0.5) is 0 Å². The third kappa shape index (κ3) is 4.16. The average Bonchev–Trinajstić information content (AvgIpc) is 3.41. The van der Waals surface area contributed by atoms with Crippen molar-refractivity contribution in [2.45, 2.75) is 39.3 Å². The van der Waals surface area contributed by atoms with Crippen LogP contribution in [0.2, 0.25) is 0 Å². The zero-order chi connectivity index (χ0) is 21.8. The highest BCUT2D eigenvalue weighted by Gasteiger charge is 2.16. The predicted molar refractivity (Wildman–Crippen MR) is 114 cm³/mol. The number of aromatic nitrogens is 4. The number of benzene rings is 2. The number of unbranched alkanes of at least 4 members (excludes halogenated alkanes) is 1. The van der Waals surface area contributed by atoms with Gasteiger partial charge in [0, 0.05) is 29.5 Å². The molecule has 156 valence electrons. The Balaban J connectivity index is 1.66. The van der Waals surface area contributed by atoms with Gasteiger partial charge in [-0.25, -0.2) is 0 Å². The van der Waals surface area contributed by atoms with Gasteiger partial charge in [-0.15, -0.1) is 0 Å². The number of ether oxygens (including phenoxy) is 1. The van der Waals surface area contributed by atoms with E-state index in [9.17, 15) is 10.1 Å². The highest BCUT2D eigenvalue weighted by molar-refractivity contribution is 5.93. The Labute approximate surface area is 179 Å². The molecule has 0 radical (unpaired) electrons. The molecule has 8 nitrogen and oxygen atoms in total. The molecule has 4 rings (SSSR count). The molecule has 0 amide bonds. The van der Waals surface area contributed by atoms with E-state index in [0.717, 1.165) is 29.2 Å². The van der Waals surface area contributed by atoms with Gasteiger partial charge in [-0.05, 0) is 44.5 Å².